The summed E-state index contributed by atoms with van der Waals surface area (Å²) in [4.78, 5) is 26.5. The zero-order valence-electron chi connectivity index (χ0n) is 14.5. The normalized spacial score (nSPS) is 19.7. The van der Waals surface area contributed by atoms with Crippen LogP contribution < -0.4 is 0 Å². The number of aryl methyl sites for hydroxylation is 2. The molecule has 6 nitrogen and oxygen atoms in total. The van der Waals surface area contributed by atoms with E-state index in [-0.39, 0.29) is 43.3 Å². The molecular weight excluding hydrogens is 339 g/mol. The molecule has 0 unspecified atom stereocenters. The molecule has 138 valence electrons. The molecule has 0 aliphatic carbocycles. The van der Waals surface area contributed by atoms with Gasteiger partial charge in [0.1, 0.15) is 11.6 Å². The van der Waals surface area contributed by atoms with Crippen LogP contribution in [0.1, 0.15) is 29.9 Å². The fourth-order valence-electron chi connectivity index (χ4n) is 3.23. The fourth-order valence-corrected chi connectivity index (χ4v) is 3.23. The lowest BCUT2D eigenvalue weighted by Gasteiger charge is -2.23. The molecule has 1 aromatic heterocycles. The molecule has 2 aromatic rings. The van der Waals surface area contributed by atoms with Gasteiger partial charge in [0.15, 0.2) is 5.78 Å². The monoisotopic (exact) mass is 360 g/mol. The predicted molar refractivity (Wildman–Crippen MR) is 90.8 cm³/mol. The zero-order chi connectivity index (χ0) is 18.7. The van der Waals surface area contributed by atoms with Crippen molar-refractivity contribution in [2.45, 2.75) is 44.8 Å². The minimum atomic E-state index is -0.713. The molecule has 1 saturated heterocycles. The molecule has 2 heterocycles. The van der Waals surface area contributed by atoms with Crippen LogP contribution in [-0.4, -0.2) is 45.5 Å². The number of aliphatic hydroxyl groups excluding tert-OH is 1. The van der Waals surface area contributed by atoms with E-state index >= 15 is 0 Å². The smallest absolute Gasteiger partial charge is 0.231 e. The van der Waals surface area contributed by atoms with E-state index in [2.05, 4.69) is 5.16 Å². The number of nitrogens with zero attached hydrogens (tertiary/aromatic N) is 2. The first-order valence-electron chi connectivity index (χ1n) is 8.59. The molecule has 7 heteroatoms. The third-order valence-corrected chi connectivity index (χ3v) is 4.55. The minimum absolute atomic E-state index is 0.00923. The summed E-state index contributed by atoms with van der Waals surface area (Å²) in [6.45, 7) is 1.90. The Hall–Kier alpha value is -2.54. The Morgan fingerprint density at radius 2 is 2.08 bits per heavy atom. The first-order valence-corrected chi connectivity index (χ1v) is 8.59. The Labute approximate surface area is 150 Å². The van der Waals surface area contributed by atoms with Crippen molar-refractivity contribution in [3.05, 3.63) is 53.2 Å². The van der Waals surface area contributed by atoms with Crippen molar-refractivity contribution in [3.63, 3.8) is 0 Å². The second-order valence-corrected chi connectivity index (χ2v) is 6.66. The van der Waals surface area contributed by atoms with Gasteiger partial charge in [-0.3, -0.25) is 9.59 Å². The Bertz CT molecular complexity index is 787. The summed E-state index contributed by atoms with van der Waals surface area (Å²) >= 11 is 0. The highest BCUT2D eigenvalue weighted by Gasteiger charge is 2.38. The lowest BCUT2D eigenvalue weighted by molar-refractivity contribution is -0.137. The number of halogens is 1. The van der Waals surface area contributed by atoms with Crippen molar-refractivity contribution in [3.8, 4) is 0 Å². The molecular formula is C19H21FN2O4. The topological polar surface area (TPSA) is 83.6 Å². The number of ketones is 1. The van der Waals surface area contributed by atoms with Gasteiger partial charge in [0, 0.05) is 25.5 Å². The highest BCUT2D eigenvalue weighted by atomic mass is 19.1. The number of Topliss-reactive ketones (excluding diaryl/α,β-unsaturated/α-hetero) is 1. The molecule has 1 N–H and O–H groups in total. The molecule has 1 aliphatic heterocycles. The molecule has 1 fully saturated rings. The van der Waals surface area contributed by atoms with Crippen LogP contribution in [0.25, 0.3) is 0 Å². The van der Waals surface area contributed by atoms with Gasteiger partial charge >= 0.3 is 0 Å². The standard InChI is InChI=1S/C19H21FN2O4/c1-12-8-16(26-21-12)10-19(25)22-11-15(23)9-17(22)18(24)7-4-13-2-5-14(20)6-3-13/h2-3,5-6,8,15,17,23H,4,7,9-11H2,1H3/t15-,17+/m1/s1. The number of hydrogen-bond donors (Lipinski definition) is 1. The largest absolute Gasteiger partial charge is 0.391 e. The van der Waals surface area contributed by atoms with Crippen LogP contribution in [0.3, 0.4) is 0 Å². The van der Waals surface area contributed by atoms with Crippen molar-refractivity contribution in [2.24, 2.45) is 0 Å². The maximum atomic E-state index is 12.9. The molecule has 0 radical (unpaired) electrons. The van der Waals surface area contributed by atoms with Gasteiger partial charge in [0.2, 0.25) is 5.91 Å². The number of likely N-dealkylation sites (tertiary alicyclic amines) is 1. The van der Waals surface area contributed by atoms with E-state index in [1.165, 1.54) is 17.0 Å². The van der Waals surface area contributed by atoms with Crippen molar-refractivity contribution in [1.82, 2.24) is 10.1 Å². The number of amides is 1. The molecule has 1 amide bonds. The van der Waals surface area contributed by atoms with Crippen molar-refractivity contribution < 1.29 is 23.6 Å². The SMILES string of the molecule is Cc1cc(CC(=O)N2C[C@H](O)C[C@H]2C(=O)CCc2ccc(F)cc2)on1. The Kier molecular flexibility index (Phi) is 5.46. The number of carbonyl (C=O) groups excluding carboxylic acids is 2. The maximum absolute atomic E-state index is 12.9. The van der Waals surface area contributed by atoms with E-state index in [9.17, 15) is 19.1 Å². The van der Waals surface area contributed by atoms with E-state index in [0.29, 0.717) is 17.9 Å². The summed E-state index contributed by atoms with van der Waals surface area (Å²) in [5.74, 6) is -0.254. The summed E-state index contributed by atoms with van der Waals surface area (Å²) in [6, 6.07) is 7.03. The average molecular weight is 360 g/mol. The minimum Gasteiger partial charge on any atom is -0.391 e. The molecule has 1 aromatic carbocycles. The highest BCUT2D eigenvalue weighted by molar-refractivity contribution is 5.90. The van der Waals surface area contributed by atoms with Gasteiger partial charge in [-0.25, -0.2) is 4.39 Å². The van der Waals surface area contributed by atoms with E-state index in [1.807, 2.05) is 0 Å². The summed E-state index contributed by atoms with van der Waals surface area (Å²) in [5, 5.41) is 13.7. The first-order chi connectivity index (χ1) is 12.4. The quantitative estimate of drug-likeness (QED) is 0.850. The van der Waals surface area contributed by atoms with Crippen LogP contribution in [0.15, 0.2) is 34.9 Å². The molecule has 3 rings (SSSR count). The van der Waals surface area contributed by atoms with Gasteiger partial charge in [0.05, 0.1) is 24.3 Å². The number of carbonyl (C=O) groups is 2. The van der Waals surface area contributed by atoms with Crippen LogP contribution in [0.5, 0.6) is 0 Å². The molecule has 0 spiro atoms. The maximum Gasteiger partial charge on any atom is 0.231 e. The first kappa shape index (κ1) is 18.3. The van der Waals surface area contributed by atoms with Gasteiger partial charge < -0.3 is 14.5 Å². The van der Waals surface area contributed by atoms with Crippen LogP contribution in [0.2, 0.25) is 0 Å². The Morgan fingerprint density at radius 1 is 1.35 bits per heavy atom. The van der Waals surface area contributed by atoms with Gasteiger partial charge in [-0.1, -0.05) is 17.3 Å². The van der Waals surface area contributed by atoms with Crippen LogP contribution in [0.4, 0.5) is 4.39 Å². The number of β-amino-alcohol motifs (C(OH)–C–C–N with tert-alkyl or cyclic N) is 1. The van der Waals surface area contributed by atoms with E-state index < -0.39 is 12.1 Å². The van der Waals surface area contributed by atoms with Crippen molar-refractivity contribution >= 4 is 11.7 Å². The lowest BCUT2D eigenvalue weighted by Crippen LogP contribution is -2.41. The van der Waals surface area contributed by atoms with E-state index in [0.717, 1.165) is 5.56 Å². The summed E-state index contributed by atoms with van der Waals surface area (Å²) in [5.41, 5.74) is 1.54. The number of benzene rings is 1. The zero-order valence-corrected chi connectivity index (χ0v) is 14.5. The van der Waals surface area contributed by atoms with E-state index in [1.54, 1.807) is 25.1 Å². The fraction of sp³-hybridized carbons (Fsp3) is 0.421. The average Bonchev–Trinajstić information content (AvgIpc) is 3.19. The van der Waals surface area contributed by atoms with Gasteiger partial charge in [0.25, 0.3) is 0 Å². The van der Waals surface area contributed by atoms with Crippen molar-refractivity contribution in [1.29, 1.82) is 0 Å². The highest BCUT2D eigenvalue weighted by Crippen LogP contribution is 2.22. The van der Waals surface area contributed by atoms with Crippen LogP contribution in [0, 0.1) is 12.7 Å². The van der Waals surface area contributed by atoms with Gasteiger partial charge in [-0.2, -0.15) is 0 Å². The number of aliphatic hydroxyl groups is 1. The predicted octanol–water partition coefficient (Wildman–Crippen LogP) is 1.83. The van der Waals surface area contributed by atoms with Crippen LogP contribution >= 0.6 is 0 Å². The van der Waals surface area contributed by atoms with Gasteiger partial charge in [-0.15, -0.1) is 0 Å². The third kappa shape index (κ3) is 4.35. The van der Waals surface area contributed by atoms with Gasteiger partial charge in [-0.05, 0) is 31.0 Å². The van der Waals surface area contributed by atoms with Crippen molar-refractivity contribution in [2.75, 3.05) is 6.54 Å². The third-order valence-electron chi connectivity index (χ3n) is 4.55. The Morgan fingerprint density at radius 3 is 2.73 bits per heavy atom. The molecule has 2 atom stereocenters. The second-order valence-electron chi connectivity index (χ2n) is 6.66. The lowest BCUT2D eigenvalue weighted by atomic mass is 10.0. The second kappa shape index (κ2) is 7.78. The summed E-state index contributed by atoms with van der Waals surface area (Å²) in [7, 11) is 0. The van der Waals surface area contributed by atoms with Crippen LogP contribution in [-0.2, 0) is 22.4 Å². The molecule has 26 heavy (non-hydrogen) atoms. The number of hydrogen-bond acceptors (Lipinski definition) is 5. The summed E-state index contributed by atoms with van der Waals surface area (Å²) < 4.78 is 18.0. The number of aromatic nitrogens is 1. The van der Waals surface area contributed by atoms with E-state index in [4.69, 9.17) is 4.52 Å². The molecule has 0 bridgehead atoms. The molecule has 1 aliphatic rings. The summed E-state index contributed by atoms with van der Waals surface area (Å²) in [6.07, 6.45) is 0.234. The Balaban J connectivity index is 1.61. The molecule has 0 saturated carbocycles. The number of rotatable bonds is 6.